The average Bonchev–Trinajstić information content (AvgIpc) is 2.39. The van der Waals surface area contributed by atoms with Gasteiger partial charge in [-0.2, -0.15) is 0 Å². The third-order valence-electron chi connectivity index (χ3n) is 3.12. The molecule has 1 fully saturated rings. The van der Waals surface area contributed by atoms with Gasteiger partial charge in [-0.1, -0.05) is 28.1 Å². The Hall–Kier alpha value is -0.430. The first-order valence-corrected chi connectivity index (χ1v) is 8.35. The standard InChI is InChI=1S/C12H17BrN2O2S/c13-11-3-1-10(2-4-11)9-15-18(16,17)12-5-7-14-8-6-12/h1-4,12,14-15H,5-9H2. The Bertz CT molecular complexity index is 481. The Kier molecular flexibility index (Phi) is 4.77. The van der Waals surface area contributed by atoms with Crippen molar-refractivity contribution < 1.29 is 8.42 Å². The lowest BCUT2D eigenvalue weighted by Gasteiger charge is -2.22. The number of rotatable bonds is 4. The summed E-state index contributed by atoms with van der Waals surface area (Å²) in [7, 11) is -3.19. The van der Waals surface area contributed by atoms with E-state index in [4.69, 9.17) is 0 Å². The van der Waals surface area contributed by atoms with Gasteiger partial charge in [0.15, 0.2) is 0 Å². The van der Waals surface area contributed by atoms with Gasteiger partial charge in [-0.3, -0.25) is 0 Å². The zero-order chi connectivity index (χ0) is 13.0. The minimum atomic E-state index is -3.19. The lowest BCUT2D eigenvalue weighted by atomic mass is 10.2. The highest BCUT2D eigenvalue weighted by atomic mass is 79.9. The highest BCUT2D eigenvalue weighted by Crippen LogP contribution is 2.14. The van der Waals surface area contributed by atoms with Crippen LogP contribution >= 0.6 is 15.9 Å². The fourth-order valence-electron chi connectivity index (χ4n) is 2.01. The molecule has 2 rings (SSSR count). The predicted octanol–water partition coefficient (Wildman–Crippen LogP) is 1.62. The van der Waals surface area contributed by atoms with E-state index in [9.17, 15) is 8.42 Å². The lowest BCUT2D eigenvalue weighted by Crippen LogP contribution is -2.41. The number of halogens is 1. The van der Waals surface area contributed by atoms with Gasteiger partial charge < -0.3 is 5.32 Å². The van der Waals surface area contributed by atoms with Gasteiger partial charge in [0, 0.05) is 11.0 Å². The topological polar surface area (TPSA) is 58.2 Å². The maximum atomic E-state index is 12.1. The van der Waals surface area contributed by atoms with E-state index in [1.807, 2.05) is 24.3 Å². The van der Waals surface area contributed by atoms with E-state index in [2.05, 4.69) is 26.0 Å². The molecule has 1 aromatic rings. The van der Waals surface area contributed by atoms with Crippen LogP contribution in [0.15, 0.2) is 28.7 Å². The summed E-state index contributed by atoms with van der Waals surface area (Å²) in [5.41, 5.74) is 0.968. The molecular weight excluding hydrogens is 316 g/mol. The van der Waals surface area contributed by atoms with Crippen molar-refractivity contribution in [2.75, 3.05) is 13.1 Å². The molecule has 1 aliphatic heterocycles. The lowest BCUT2D eigenvalue weighted by molar-refractivity contribution is 0.489. The van der Waals surface area contributed by atoms with E-state index in [1.54, 1.807) is 0 Å². The van der Waals surface area contributed by atoms with Gasteiger partial charge in [-0.25, -0.2) is 13.1 Å². The van der Waals surface area contributed by atoms with Gasteiger partial charge in [0.1, 0.15) is 0 Å². The molecule has 0 amide bonds. The number of sulfonamides is 1. The van der Waals surface area contributed by atoms with Crippen LogP contribution in [0.2, 0.25) is 0 Å². The minimum absolute atomic E-state index is 0.255. The molecule has 0 bridgehead atoms. The normalized spacial score (nSPS) is 17.8. The molecule has 100 valence electrons. The summed E-state index contributed by atoms with van der Waals surface area (Å²) >= 11 is 3.35. The second-order valence-corrected chi connectivity index (χ2v) is 7.40. The first kappa shape index (κ1) is 14.0. The molecule has 6 heteroatoms. The smallest absolute Gasteiger partial charge is 0.214 e. The summed E-state index contributed by atoms with van der Waals surface area (Å²) in [6, 6.07) is 7.65. The molecule has 0 aromatic heterocycles. The van der Waals surface area contributed by atoms with Crippen LogP contribution in [-0.4, -0.2) is 26.8 Å². The molecule has 1 aromatic carbocycles. The number of piperidine rings is 1. The molecule has 1 saturated heterocycles. The molecule has 4 nitrogen and oxygen atoms in total. The van der Waals surface area contributed by atoms with Crippen molar-refractivity contribution in [1.29, 1.82) is 0 Å². The summed E-state index contributed by atoms with van der Waals surface area (Å²) in [5, 5.41) is 2.91. The molecule has 0 aliphatic carbocycles. The summed E-state index contributed by atoms with van der Waals surface area (Å²) in [4.78, 5) is 0. The van der Waals surface area contributed by atoms with Crippen molar-refractivity contribution in [3.8, 4) is 0 Å². The van der Waals surface area contributed by atoms with Crippen LogP contribution in [0.4, 0.5) is 0 Å². The van der Waals surface area contributed by atoms with Crippen LogP contribution < -0.4 is 10.0 Å². The predicted molar refractivity (Wildman–Crippen MR) is 75.8 cm³/mol. The maximum absolute atomic E-state index is 12.1. The Labute approximate surface area is 116 Å². The second-order valence-electron chi connectivity index (χ2n) is 4.44. The monoisotopic (exact) mass is 332 g/mol. The fraction of sp³-hybridized carbons (Fsp3) is 0.500. The Morgan fingerprint density at radius 1 is 1.22 bits per heavy atom. The van der Waals surface area contributed by atoms with Crippen molar-refractivity contribution in [3.05, 3.63) is 34.3 Å². The van der Waals surface area contributed by atoms with E-state index >= 15 is 0 Å². The molecule has 0 atom stereocenters. The Balaban J connectivity index is 1.94. The van der Waals surface area contributed by atoms with Gasteiger partial charge in [0.2, 0.25) is 10.0 Å². The van der Waals surface area contributed by atoms with E-state index in [-0.39, 0.29) is 5.25 Å². The van der Waals surface area contributed by atoms with E-state index in [1.165, 1.54) is 0 Å². The fourth-order valence-corrected chi connectivity index (χ4v) is 3.73. The van der Waals surface area contributed by atoms with E-state index in [0.717, 1.165) is 23.1 Å². The van der Waals surface area contributed by atoms with Crippen molar-refractivity contribution in [1.82, 2.24) is 10.0 Å². The zero-order valence-electron chi connectivity index (χ0n) is 10.0. The quantitative estimate of drug-likeness (QED) is 0.880. The maximum Gasteiger partial charge on any atom is 0.214 e. The summed E-state index contributed by atoms with van der Waals surface area (Å²) in [5.74, 6) is 0. The SMILES string of the molecule is O=S(=O)(NCc1ccc(Br)cc1)C1CCNCC1. The van der Waals surface area contributed by atoms with Crippen LogP contribution in [0.5, 0.6) is 0 Å². The average molecular weight is 333 g/mol. The highest BCUT2D eigenvalue weighted by molar-refractivity contribution is 9.10. The summed E-state index contributed by atoms with van der Waals surface area (Å²) in [6.45, 7) is 1.92. The molecule has 0 radical (unpaired) electrons. The highest BCUT2D eigenvalue weighted by Gasteiger charge is 2.26. The number of nitrogens with one attached hydrogen (secondary N) is 2. The second kappa shape index (κ2) is 6.14. The number of hydrogen-bond acceptors (Lipinski definition) is 3. The molecule has 18 heavy (non-hydrogen) atoms. The molecule has 0 unspecified atom stereocenters. The minimum Gasteiger partial charge on any atom is -0.317 e. The summed E-state index contributed by atoms with van der Waals surface area (Å²) in [6.07, 6.45) is 1.38. The van der Waals surface area contributed by atoms with Crippen LogP contribution in [0.3, 0.4) is 0 Å². The summed E-state index contributed by atoms with van der Waals surface area (Å²) < 4.78 is 27.8. The van der Waals surface area contributed by atoms with Crippen molar-refractivity contribution >= 4 is 26.0 Å². The van der Waals surface area contributed by atoms with Gasteiger partial charge in [0.05, 0.1) is 5.25 Å². The van der Waals surface area contributed by atoms with Crippen LogP contribution in [0, 0.1) is 0 Å². The number of benzene rings is 1. The third kappa shape index (κ3) is 3.78. The molecule has 1 heterocycles. The van der Waals surface area contributed by atoms with Crippen LogP contribution in [0.25, 0.3) is 0 Å². The Morgan fingerprint density at radius 2 is 1.83 bits per heavy atom. The van der Waals surface area contributed by atoms with Gasteiger partial charge >= 0.3 is 0 Å². The zero-order valence-corrected chi connectivity index (χ0v) is 12.4. The van der Waals surface area contributed by atoms with Crippen molar-refractivity contribution in [2.24, 2.45) is 0 Å². The van der Waals surface area contributed by atoms with Crippen LogP contribution in [-0.2, 0) is 16.6 Å². The number of hydrogen-bond donors (Lipinski definition) is 2. The molecule has 0 spiro atoms. The van der Waals surface area contributed by atoms with Gasteiger partial charge in [-0.15, -0.1) is 0 Å². The third-order valence-corrected chi connectivity index (χ3v) is 5.54. The van der Waals surface area contributed by atoms with Gasteiger partial charge in [0.25, 0.3) is 0 Å². The molecular formula is C12H17BrN2O2S. The van der Waals surface area contributed by atoms with Gasteiger partial charge in [-0.05, 0) is 43.6 Å². The molecule has 0 saturated carbocycles. The van der Waals surface area contributed by atoms with Crippen molar-refractivity contribution in [3.63, 3.8) is 0 Å². The van der Waals surface area contributed by atoms with E-state index in [0.29, 0.717) is 19.4 Å². The van der Waals surface area contributed by atoms with Crippen LogP contribution in [0.1, 0.15) is 18.4 Å². The Morgan fingerprint density at radius 3 is 2.44 bits per heavy atom. The molecule has 1 aliphatic rings. The molecule has 2 N–H and O–H groups in total. The van der Waals surface area contributed by atoms with Crippen molar-refractivity contribution in [2.45, 2.75) is 24.6 Å². The first-order valence-electron chi connectivity index (χ1n) is 6.01. The van der Waals surface area contributed by atoms with E-state index < -0.39 is 10.0 Å². The largest absolute Gasteiger partial charge is 0.317 e. The first-order chi connectivity index (χ1) is 8.58.